The fourth-order valence-electron chi connectivity index (χ4n) is 6.04. The topological polar surface area (TPSA) is 49.7 Å². The van der Waals surface area contributed by atoms with Gasteiger partial charge in [0.25, 0.3) is 0 Å². The zero-order valence-electron chi connectivity index (χ0n) is 24.2. The molecular formula is C40H34O3. The maximum absolute atomic E-state index is 11.0. The van der Waals surface area contributed by atoms with Crippen LogP contribution in [0.1, 0.15) is 36.5 Å². The molecule has 0 aliphatic rings. The highest BCUT2D eigenvalue weighted by atomic mass is 16.5. The number of phenolic OH excluding ortho intramolecular Hbond substituents is 2. The van der Waals surface area contributed by atoms with E-state index in [0.29, 0.717) is 0 Å². The lowest BCUT2D eigenvalue weighted by Crippen LogP contribution is -2.29. The number of aromatic hydroxyl groups is 2. The van der Waals surface area contributed by atoms with Gasteiger partial charge in [0, 0.05) is 16.5 Å². The van der Waals surface area contributed by atoms with Crippen molar-refractivity contribution in [2.24, 2.45) is 0 Å². The average Bonchev–Trinajstić information content (AvgIpc) is 3.06. The van der Waals surface area contributed by atoms with Gasteiger partial charge >= 0.3 is 0 Å². The molecule has 6 aromatic rings. The van der Waals surface area contributed by atoms with Crippen LogP contribution < -0.4 is 4.74 Å². The Labute approximate surface area is 253 Å². The molecule has 3 nitrogen and oxygen atoms in total. The Morgan fingerprint density at radius 3 is 1.37 bits per heavy atom. The molecule has 212 valence electrons. The van der Waals surface area contributed by atoms with E-state index in [2.05, 4.69) is 31.2 Å². The van der Waals surface area contributed by atoms with Gasteiger partial charge in [-0.3, -0.25) is 0 Å². The van der Waals surface area contributed by atoms with Crippen LogP contribution in [0, 0.1) is 0 Å². The Kier molecular flexibility index (Phi) is 7.97. The molecule has 0 atom stereocenters. The summed E-state index contributed by atoms with van der Waals surface area (Å²) in [4.78, 5) is 0. The zero-order valence-corrected chi connectivity index (χ0v) is 24.2. The number of rotatable bonds is 9. The lowest BCUT2D eigenvalue weighted by Gasteiger charge is -2.37. The Bertz CT molecular complexity index is 1710. The number of para-hydroxylation sites is 1. The molecule has 43 heavy (non-hydrogen) atoms. The summed E-state index contributed by atoms with van der Waals surface area (Å²) in [5.41, 5.74) is 6.12. The molecule has 0 heterocycles. The quantitative estimate of drug-likeness (QED) is 0.172. The smallest absolute Gasteiger partial charge is 0.127 e. The Morgan fingerprint density at radius 2 is 0.907 bits per heavy atom. The average molecular weight is 563 g/mol. The Balaban J connectivity index is 1.56. The SMILES string of the molecule is CCCC(c1ccc(Oc2ccccc2)cc1)(c1ccc(O)c(-c2ccccc2)c1)c1ccc(O)c(-c2ccccc2)c1. The van der Waals surface area contributed by atoms with Crippen LogP contribution in [0.4, 0.5) is 0 Å². The minimum Gasteiger partial charge on any atom is -0.507 e. The first-order chi connectivity index (χ1) is 21.1. The van der Waals surface area contributed by atoms with E-state index < -0.39 is 5.41 Å². The maximum atomic E-state index is 11.0. The summed E-state index contributed by atoms with van der Waals surface area (Å²) in [6, 6.07) is 49.9. The van der Waals surface area contributed by atoms with Crippen molar-refractivity contribution in [3.8, 4) is 45.3 Å². The molecule has 0 saturated carbocycles. The predicted molar refractivity (Wildman–Crippen MR) is 175 cm³/mol. The Morgan fingerprint density at radius 1 is 0.488 bits per heavy atom. The van der Waals surface area contributed by atoms with E-state index in [1.165, 1.54) is 0 Å². The second-order valence-electron chi connectivity index (χ2n) is 10.8. The van der Waals surface area contributed by atoms with Crippen LogP contribution in [0.5, 0.6) is 23.0 Å². The fraction of sp³-hybridized carbons (Fsp3) is 0.100. The molecule has 0 fully saturated rings. The molecule has 6 rings (SSSR count). The van der Waals surface area contributed by atoms with E-state index in [-0.39, 0.29) is 11.5 Å². The minimum atomic E-state index is -0.575. The predicted octanol–water partition coefficient (Wildman–Crippen LogP) is 10.4. The van der Waals surface area contributed by atoms with Gasteiger partial charge in [-0.15, -0.1) is 0 Å². The van der Waals surface area contributed by atoms with Crippen molar-refractivity contribution >= 4 is 0 Å². The van der Waals surface area contributed by atoms with Gasteiger partial charge in [-0.25, -0.2) is 0 Å². The van der Waals surface area contributed by atoms with Crippen LogP contribution in [-0.2, 0) is 5.41 Å². The van der Waals surface area contributed by atoms with Gasteiger partial charge in [0.1, 0.15) is 23.0 Å². The van der Waals surface area contributed by atoms with Crippen molar-refractivity contribution in [1.82, 2.24) is 0 Å². The van der Waals surface area contributed by atoms with Gasteiger partial charge in [0.2, 0.25) is 0 Å². The molecule has 0 radical (unpaired) electrons. The van der Waals surface area contributed by atoms with Gasteiger partial charge in [-0.2, -0.15) is 0 Å². The molecule has 0 bridgehead atoms. The summed E-state index contributed by atoms with van der Waals surface area (Å²) in [5, 5.41) is 22.0. The van der Waals surface area contributed by atoms with Gasteiger partial charge in [-0.05, 0) is 82.8 Å². The first-order valence-corrected chi connectivity index (χ1v) is 14.7. The summed E-state index contributed by atoms with van der Waals surface area (Å²) < 4.78 is 6.14. The van der Waals surface area contributed by atoms with Crippen molar-refractivity contribution in [2.45, 2.75) is 25.2 Å². The minimum absolute atomic E-state index is 0.239. The van der Waals surface area contributed by atoms with E-state index in [1.54, 1.807) is 12.1 Å². The van der Waals surface area contributed by atoms with Gasteiger partial charge in [-0.1, -0.05) is 116 Å². The number of benzene rings is 6. The lowest BCUT2D eigenvalue weighted by atomic mass is 9.66. The zero-order chi connectivity index (χ0) is 29.6. The van der Waals surface area contributed by atoms with Gasteiger partial charge < -0.3 is 14.9 Å². The van der Waals surface area contributed by atoms with E-state index in [4.69, 9.17) is 4.74 Å². The Hall–Kier alpha value is -5.28. The molecule has 0 aliphatic heterocycles. The summed E-state index contributed by atoms with van der Waals surface area (Å²) in [6.07, 6.45) is 1.72. The van der Waals surface area contributed by atoms with E-state index >= 15 is 0 Å². The first kappa shape index (κ1) is 27.9. The molecule has 6 aromatic carbocycles. The molecule has 0 aromatic heterocycles. The monoisotopic (exact) mass is 562 g/mol. The standard InChI is InChI=1S/C40H34O3/c1-2-26-40(31-18-22-35(23-19-31)43-34-16-10-5-11-17-34,32-20-24-38(41)36(27-32)29-12-6-3-7-13-29)33-21-25-39(42)37(28-33)30-14-8-4-9-15-30/h3-25,27-28,41-42H,2,26H2,1H3. The molecule has 0 amide bonds. The second kappa shape index (κ2) is 12.3. The van der Waals surface area contributed by atoms with Crippen LogP contribution in [0.2, 0.25) is 0 Å². The number of ether oxygens (including phenoxy) is 1. The highest BCUT2D eigenvalue weighted by Crippen LogP contribution is 2.47. The third kappa shape index (κ3) is 5.62. The van der Waals surface area contributed by atoms with Crippen molar-refractivity contribution in [2.75, 3.05) is 0 Å². The maximum Gasteiger partial charge on any atom is 0.127 e. The molecule has 0 unspecified atom stereocenters. The van der Waals surface area contributed by atoms with Gasteiger partial charge in [0.05, 0.1) is 0 Å². The van der Waals surface area contributed by atoms with Crippen LogP contribution in [0.15, 0.2) is 152 Å². The summed E-state index contributed by atoms with van der Waals surface area (Å²) in [7, 11) is 0. The first-order valence-electron chi connectivity index (χ1n) is 14.7. The van der Waals surface area contributed by atoms with Crippen LogP contribution in [-0.4, -0.2) is 10.2 Å². The van der Waals surface area contributed by atoms with Crippen molar-refractivity contribution in [1.29, 1.82) is 0 Å². The molecular weight excluding hydrogens is 528 g/mol. The number of hydrogen-bond donors (Lipinski definition) is 2. The number of hydrogen-bond acceptors (Lipinski definition) is 3. The van der Waals surface area contributed by atoms with Crippen LogP contribution in [0.25, 0.3) is 22.3 Å². The van der Waals surface area contributed by atoms with Crippen LogP contribution in [0.3, 0.4) is 0 Å². The van der Waals surface area contributed by atoms with Gasteiger partial charge in [0.15, 0.2) is 0 Å². The third-order valence-electron chi connectivity index (χ3n) is 8.10. The summed E-state index contributed by atoms with van der Waals surface area (Å²) >= 11 is 0. The summed E-state index contributed by atoms with van der Waals surface area (Å²) in [5.74, 6) is 2.02. The lowest BCUT2D eigenvalue weighted by molar-refractivity contribution is 0.474. The second-order valence-corrected chi connectivity index (χ2v) is 10.8. The highest BCUT2D eigenvalue weighted by Gasteiger charge is 2.37. The molecule has 0 aliphatic carbocycles. The van der Waals surface area contributed by atoms with Crippen molar-refractivity contribution in [3.05, 3.63) is 168 Å². The third-order valence-corrected chi connectivity index (χ3v) is 8.10. The van der Waals surface area contributed by atoms with E-state index in [1.807, 2.05) is 115 Å². The van der Waals surface area contributed by atoms with Crippen molar-refractivity contribution in [3.63, 3.8) is 0 Å². The summed E-state index contributed by atoms with van der Waals surface area (Å²) in [6.45, 7) is 2.19. The highest BCUT2D eigenvalue weighted by molar-refractivity contribution is 5.74. The normalized spacial score (nSPS) is 11.3. The van der Waals surface area contributed by atoms with E-state index in [0.717, 1.165) is 63.3 Å². The van der Waals surface area contributed by atoms with E-state index in [9.17, 15) is 10.2 Å². The van der Waals surface area contributed by atoms with Crippen LogP contribution >= 0.6 is 0 Å². The molecule has 2 N–H and O–H groups in total. The molecule has 0 saturated heterocycles. The fourth-order valence-corrected chi connectivity index (χ4v) is 6.04. The largest absolute Gasteiger partial charge is 0.507 e. The molecule has 0 spiro atoms. The number of phenols is 2. The van der Waals surface area contributed by atoms with Crippen molar-refractivity contribution < 1.29 is 14.9 Å². The molecule has 3 heteroatoms.